The molecule has 0 bridgehead atoms. The molecule has 3 aromatic carbocycles. The molecule has 6 atom stereocenters. The summed E-state index contributed by atoms with van der Waals surface area (Å²) in [6.45, 7) is 3.84. The average Bonchev–Trinajstić information content (AvgIpc) is 3.41. The van der Waals surface area contributed by atoms with Crippen LogP contribution in [0.4, 0.5) is 11.4 Å². The molecule has 8 heteroatoms. The van der Waals surface area contributed by atoms with Crippen molar-refractivity contribution in [2.24, 2.45) is 29.1 Å². The van der Waals surface area contributed by atoms with Crippen LogP contribution < -0.4 is 14.5 Å². The summed E-state index contributed by atoms with van der Waals surface area (Å²) in [6, 6.07) is 21.3. The van der Waals surface area contributed by atoms with E-state index in [4.69, 9.17) is 4.74 Å². The molecule has 6 unspecified atom stereocenters. The quantitative estimate of drug-likeness (QED) is 0.315. The summed E-state index contributed by atoms with van der Waals surface area (Å²) in [6.07, 6.45) is 3.38. The van der Waals surface area contributed by atoms with E-state index in [0.29, 0.717) is 29.1 Å². The highest BCUT2D eigenvalue weighted by Crippen LogP contribution is 2.65. The third kappa shape index (κ3) is 3.76. The van der Waals surface area contributed by atoms with E-state index < -0.39 is 35.0 Å². The molecular formula is C36H34N2O6. The van der Waals surface area contributed by atoms with E-state index in [2.05, 4.69) is 0 Å². The van der Waals surface area contributed by atoms with Crippen molar-refractivity contribution in [3.63, 3.8) is 0 Å². The molecule has 4 amide bonds. The number of phenols is 1. The number of fused-ring (bicyclic) bond motifs is 4. The van der Waals surface area contributed by atoms with Crippen LogP contribution in [0.2, 0.25) is 0 Å². The normalized spacial score (nSPS) is 29.3. The second-order valence-electron chi connectivity index (χ2n) is 12.4. The number of methoxy groups -OCH3 is 1. The zero-order valence-corrected chi connectivity index (χ0v) is 24.9. The maximum Gasteiger partial charge on any atom is 0.241 e. The van der Waals surface area contributed by atoms with Crippen molar-refractivity contribution in [1.82, 2.24) is 0 Å². The average molecular weight is 591 g/mol. The summed E-state index contributed by atoms with van der Waals surface area (Å²) >= 11 is 0. The Balaban J connectivity index is 1.38. The predicted octanol–water partition coefficient (Wildman–Crippen LogP) is 5.40. The zero-order chi connectivity index (χ0) is 30.9. The van der Waals surface area contributed by atoms with Gasteiger partial charge in [-0.3, -0.25) is 24.1 Å². The largest absolute Gasteiger partial charge is 0.508 e. The molecule has 7 rings (SSSR count). The molecule has 4 aliphatic rings. The maximum absolute atomic E-state index is 14.5. The Morgan fingerprint density at radius 2 is 1.55 bits per heavy atom. The monoisotopic (exact) mass is 590 g/mol. The van der Waals surface area contributed by atoms with Gasteiger partial charge in [-0.15, -0.1) is 0 Å². The number of rotatable bonds is 5. The fourth-order valence-corrected chi connectivity index (χ4v) is 8.28. The minimum atomic E-state index is -1.27. The second-order valence-corrected chi connectivity index (χ2v) is 12.4. The molecule has 2 saturated heterocycles. The van der Waals surface area contributed by atoms with Gasteiger partial charge in [0.1, 0.15) is 11.5 Å². The van der Waals surface area contributed by atoms with E-state index in [0.717, 1.165) is 17.6 Å². The van der Waals surface area contributed by atoms with Gasteiger partial charge in [-0.05, 0) is 74.1 Å². The van der Waals surface area contributed by atoms with Crippen LogP contribution in [-0.2, 0) is 25.6 Å². The van der Waals surface area contributed by atoms with Crippen molar-refractivity contribution in [3.05, 3.63) is 95.6 Å². The van der Waals surface area contributed by atoms with Crippen LogP contribution in [-0.4, -0.2) is 35.8 Å². The fourth-order valence-electron chi connectivity index (χ4n) is 8.28. The molecule has 0 aromatic heterocycles. The minimum absolute atomic E-state index is 0.0529. The lowest BCUT2D eigenvalue weighted by Crippen LogP contribution is -2.49. The van der Waals surface area contributed by atoms with Crippen molar-refractivity contribution in [2.75, 3.05) is 16.9 Å². The van der Waals surface area contributed by atoms with Crippen molar-refractivity contribution in [2.45, 2.75) is 39.0 Å². The Bertz CT molecular complexity index is 1730. The van der Waals surface area contributed by atoms with Crippen molar-refractivity contribution >= 4 is 35.0 Å². The number of amides is 4. The van der Waals surface area contributed by atoms with E-state index in [1.807, 2.05) is 43.3 Å². The zero-order valence-electron chi connectivity index (χ0n) is 24.9. The number of hydrogen-bond acceptors (Lipinski definition) is 6. The first-order chi connectivity index (χ1) is 21.2. The maximum atomic E-state index is 14.5. The second kappa shape index (κ2) is 10.2. The van der Waals surface area contributed by atoms with Gasteiger partial charge >= 0.3 is 0 Å². The summed E-state index contributed by atoms with van der Waals surface area (Å²) in [5.74, 6) is -4.18. The summed E-state index contributed by atoms with van der Waals surface area (Å²) < 4.78 is 5.72. The van der Waals surface area contributed by atoms with E-state index in [1.54, 1.807) is 49.4 Å². The van der Waals surface area contributed by atoms with Gasteiger partial charge in [-0.2, -0.15) is 0 Å². The van der Waals surface area contributed by atoms with E-state index in [-0.39, 0.29) is 35.8 Å². The first-order valence-electron chi connectivity index (χ1n) is 15.2. The number of hydrogen-bond donors (Lipinski definition) is 1. The topological polar surface area (TPSA) is 104 Å². The molecule has 0 spiro atoms. The Hall–Kier alpha value is -4.72. The highest BCUT2D eigenvalue weighted by Gasteiger charge is 2.68. The number of aromatic hydroxyl groups is 1. The molecule has 44 heavy (non-hydrogen) atoms. The van der Waals surface area contributed by atoms with Crippen molar-refractivity contribution in [3.8, 4) is 11.5 Å². The van der Waals surface area contributed by atoms with Crippen LogP contribution in [0.5, 0.6) is 11.5 Å². The number of nitrogens with zero attached hydrogens (tertiary/aromatic N) is 2. The van der Waals surface area contributed by atoms with Gasteiger partial charge in [0, 0.05) is 11.5 Å². The van der Waals surface area contributed by atoms with Crippen molar-refractivity contribution < 1.29 is 29.0 Å². The summed E-state index contributed by atoms with van der Waals surface area (Å²) in [4.78, 5) is 59.4. The van der Waals surface area contributed by atoms with Crippen LogP contribution in [0, 0.1) is 29.1 Å². The molecule has 224 valence electrons. The van der Waals surface area contributed by atoms with Gasteiger partial charge in [0.15, 0.2) is 0 Å². The van der Waals surface area contributed by atoms with E-state index in [1.165, 1.54) is 16.9 Å². The third-order valence-electron chi connectivity index (χ3n) is 10.4. The Morgan fingerprint density at radius 3 is 2.23 bits per heavy atom. The van der Waals surface area contributed by atoms with Crippen LogP contribution in [0.1, 0.15) is 43.7 Å². The number of imide groups is 2. The molecule has 0 radical (unpaired) electrons. The molecule has 8 nitrogen and oxygen atoms in total. The van der Waals surface area contributed by atoms with Crippen LogP contribution in [0.15, 0.2) is 84.4 Å². The van der Waals surface area contributed by atoms with Crippen LogP contribution in [0.25, 0.3) is 0 Å². The highest BCUT2D eigenvalue weighted by atomic mass is 16.5. The molecule has 3 fully saturated rings. The molecule has 2 heterocycles. The first-order valence-corrected chi connectivity index (χ1v) is 15.2. The number of aryl methyl sites for hydroxylation is 1. The first kappa shape index (κ1) is 28.1. The SMILES string of the molecule is CCc1ccc(N2C(=O)C3CC=C4C(CC5C(=O)N(c6ccccc6)C(=O)C5(C)C4c4c(O)cccc4OC)C3C2=O)cc1. The van der Waals surface area contributed by atoms with Crippen LogP contribution in [0.3, 0.4) is 0 Å². The lowest BCUT2D eigenvalue weighted by atomic mass is 9.51. The molecule has 1 N–H and O–H groups in total. The smallest absolute Gasteiger partial charge is 0.241 e. The minimum Gasteiger partial charge on any atom is -0.508 e. The standard InChI is InChI=1S/C36H34N2O6/c1-4-20-13-15-22(16-14-20)37-32(40)24-18-17-23-25(29(24)34(37)42)19-26-33(41)38(21-9-6-5-7-10-21)35(43)36(26,2)31(23)30-27(39)11-8-12-28(30)44-3/h5-17,24-26,29,31,39H,4,18-19H2,1-3H3. The number of benzene rings is 3. The number of para-hydroxylation sites is 1. The number of carbonyl (C=O) groups is 4. The van der Waals surface area contributed by atoms with Gasteiger partial charge in [-0.1, -0.05) is 55.0 Å². The Kier molecular flexibility index (Phi) is 6.50. The third-order valence-corrected chi connectivity index (χ3v) is 10.4. The molecule has 2 aliphatic heterocycles. The number of anilines is 2. The molecule has 3 aromatic rings. The summed E-state index contributed by atoms with van der Waals surface area (Å²) in [7, 11) is 1.50. The lowest BCUT2D eigenvalue weighted by molar-refractivity contribution is -0.131. The van der Waals surface area contributed by atoms with E-state index >= 15 is 0 Å². The summed E-state index contributed by atoms with van der Waals surface area (Å²) in [5, 5.41) is 11.3. The molecular weight excluding hydrogens is 556 g/mol. The van der Waals surface area contributed by atoms with Gasteiger partial charge in [0.05, 0.1) is 41.7 Å². The molecule has 1 saturated carbocycles. The number of ether oxygens (including phenoxy) is 1. The van der Waals surface area contributed by atoms with E-state index in [9.17, 15) is 24.3 Å². The predicted molar refractivity (Wildman–Crippen MR) is 164 cm³/mol. The Morgan fingerprint density at radius 1 is 0.841 bits per heavy atom. The van der Waals surface area contributed by atoms with Gasteiger partial charge in [0.2, 0.25) is 23.6 Å². The van der Waals surface area contributed by atoms with Crippen molar-refractivity contribution in [1.29, 1.82) is 0 Å². The van der Waals surface area contributed by atoms with Crippen LogP contribution >= 0.6 is 0 Å². The highest BCUT2D eigenvalue weighted by molar-refractivity contribution is 6.25. The Labute approximate surface area is 255 Å². The number of carbonyl (C=O) groups excluding carboxylic acids is 4. The van der Waals surface area contributed by atoms with Gasteiger partial charge in [-0.25, -0.2) is 4.90 Å². The fraction of sp³-hybridized carbons (Fsp3) is 0.333. The van der Waals surface area contributed by atoms with Gasteiger partial charge in [0.25, 0.3) is 0 Å². The molecule has 2 aliphatic carbocycles. The van der Waals surface area contributed by atoms with Gasteiger partial charge < -0.3 is 9.84 Å². The summed E-state index contributed by atoms with van der Waals surface area (Å²) in [5.41, 5.74) is 2.06. The number of phenolic OH excluding ortho intramolecular Hbond substituents is 1. The number of allylic oxidation sites excluding steroid dienone is 2. The lowest BCUT2D eigenvalue weighted by Gasteiger charge is -2.49.